The zero-order chi connectivity index (χ0) is 19.1. The van der Waals surface area contributed by atoms with Gasteiger partial charge in [0.05, 0.1) is 5.56 Å². The van der Waals surface area contributed by atoms with Gasteiger partial charge >= 0.3 is 0 Å². The second-order valence-electron chi connectivity index (χ2n) is 6.70. The van der Waals surface area contributed by atoms with Crippen molar-refractivity contribution in [3.63, 3.8) is 0 Å². The van der Waals surface area contributed by atoms with Crippen molar-refractivity contribution in [1.29, 1.82) is 0 Å². The maximum Gasteiger partial charge on any atom is 0.252 e. The van der Waals surface area contributed by atoms with Gasteiger partial charge in [-0.05, 0) is 37.8 Å². The number of aromatic nitrogens is 3. The number of amides is 2. The lowest BCUT2D eigenvalue weighted by atomic mass is 10.1. The van der Waals surface area contributed by atoms with Crippen LogP contribution in [-0.4, -0.2) is 50.7 Å². The maximum absolute atomic E-state index is 12.4. The van der Waals surface area contributed by atoms with Gasteiger partial charge in [0.1, 0.15) is 6.54 Å². The van der Waals surface area contributed by atoms with Crippen LogP contribution in [0.1, 0.15) is 36.0 Å². The minimum atomic E-state index is -0.282. The number of nitrogens with zero attached hydrogens (tertiary/aromatic N) is 4. The highest BCUT2D eigenvalue weighted by atomic mass is 16.2. The van der Waals surface area contributed by atoms with E-state index in [1.807, 2.05) is 12.3 Å². The number of aryl methyl sites for hydroxylation is 1. The van der Waals surface area contributed by atoms with Crippen LogP contribution in [0, 0.1) is 0 Å². The molecule has 1 aliphatic rings. The molecule has 8 nitrogen and oxygen atoms in total. The monoisotopic (exact) mass is 371 g/mol. The first kappa shape index (κ1) is 18.9. The van der Waals surface area contributed by atoms with Crippen LogP contribution in [0.4, 0.5) is 0 Å². The molecule has 1 fully saturated rings. The molecule has 3 rings (SSSR count). The molecule has 1 aliphatic heterocycles. The average Bonchev–Trinajstić information content (AvgIpc) is 3.21. The Morgan fingerprint density at radius 2 is 1.96 bits per heavy atom. The fraction of sp³-hybridized carbons (Fsp3) is 0.474. The smallest absolute Gasteiger partial charge is 0.252 e. The zero-order valence-corrected chi connectivity index (χ0v) is 15.3. The number of rotatable bonds is 7. The SMILES string of the molecule is O=C(NCCCn1cccn1)c1ccc(=O)n(CC(=O)N2CCCCC2)c1. The summed E-state index contributed by atoms with van der Waals surface area (Å²) in [4.78, 5) is 38.5. The normalized spacial score (nSPS) is 14.1. The Bertz CT molecular complexity index is 822. The van der Waals surface area contributed by atoms with Crippen LogP contribution in [0.5, 0.6) is 0 Å². The van der Waals surface area contributed by atoms with Crippen molar-refractivity contribution in [2.45, 2.75) is 38.8 Å². The van der Waals surface area contributed by atoms with Crippen molar-refractivity contribution in [3.8, 4) is 0 Å². The van der Waals surface area contributed by atoms with Gasteiger partial charge in [0, 0.05) is 50.8 Å². The minimum absolute atomic E-state index is 0.0285. The van der Waals surface area contributed by atoms with Crippen LogP contribution in [0.25, 0.3) is 0 Å². The number of nitrogens with one attached hydrogen (secondary N) is 1. The molecule has 1 N–H and O–H groups in total. The van der Waals surface area contributed by atoms with Crippen LogP contribution < -0.4 is 10.9 Å². The first-order chi connectivity index (χ1) is 13.1. The zero-order valence-electron chi connectivity index (χ0n) is 15.3. The minimum Gasteiger partial charge on any atom is -0.352 e. The molecule has 0 aromatic carbocycles. The van der Waals surface area contributed by atoms with Gasteiger partial charge in [0.25, 0.3) is 11.5 Å². The van der Waals surface area contributed by atoms with Gasteiger partial charge < -0.3 is 14.8 Å². The standard InChI is InChI=1S/C19H25N5O3/c25-17-7-6-16(19(27)20-8-4-12-24-13-5-9-21-24)14-23(17)15-18(26)22-10-2-1-3-11-22/h5-7,9,13-14H,1-4,8,10-12,15H2,(H,20,27). The summed E-state index contributed by atoms with van der Waals surface area (Å²) in [5, 5.41) is 6.94. The third-order valence-electron chi connectivity index (χ3n) is 4.67. The topological polar surface area (TPSA) is 89.2 Å². The fourth-order valence-electron chi connectivity index (χ4n) is 3.16. The summed E-state index contributed by atoms with van der Waals surface area (Å²) in [6.07, 6.45) is 8.95. The Morgan fingerprint density at radius 1 is 1.15 bits per heavy atom. The van der Waals surface area contributed by atoms with Gasteiger partial charge in [-0.3, -0.25) is 19.1 Å². The molecule has 1 saturated heterocycles. The largest absolute Gasteiger partial charge is 0.352 e. The van der Waals surface area contributed by atoms with Gasteiger partial charge in [0.15, 0.2) is 0 Å². The molecule has 8 heteroatoms. The molecule has 0 saturated carbocycles. The lowest BCUT2D eigenvalue weighted by Gasteiger charge is -2.27. The lowest BCUT2D eigenvalue weighted by molar-refractivity contribution is -0.132. The fourth-order valence-corrected chi connectivity index (χ4v) is 3.16. The molecular formula is C19H25N5O3. The highest BCUT2D eigenvalue weighted by Gasteiger charge is 2.17. The molecule has 0 radical (unpaired) electrons. The molecule has 144 valence electrons. The third-order valence-corrected chi connectivity index (χ3v) is 4.67. The number of carbonyl (C=O) groups excluding carboxylic acids is 2. The third kappa shape index (κ3) is 5.29. The van der Waals surface area contributed by atoms with Crippen molar-refractivity contribution in [1.82, 2.24) is 24.6 Å². The Kier molecular flexibility index (Phi) is 6.40. The van der Waals surface area contributed by atoms with Crippen molar-refractivity contribution in [3.05, 3.63) is 52.7 Å². The van der Waals surface area contributed by atoms with E-state index in [4.69, 9.17) is 0 Å². The summed E-state index contributed by atoms with van der Waals surface area (Å²) in [5.74, 6) is -0.330. The Morgan fingerprint density at radius 3 is 2.70 bits per heavy atom. The van der Waals surface area contributed by atoms with Crippen molar-refractivity contribution in [2.24, 2.45) is 0 Å². The summed E-state index contributed by atoms with van der Waals surface area (Å²) >= 11 is 0. The van der Waals surface area contributed by atoms with Crippen LogP contribution in [0.3, 0.4) is 0 Å². The summed E-state index contributed by atoms with van der Waals surface area (Å²) in [5.41, 5.74) is 0.0933. The van der Waals surface area contributed by atoms with E-state index in [2.05, 4.69) is 10.4 Å². The van der Waals surface area contributed by atoms with Gasteiger partial charge in [-0.2, -0.15) is 5.10 Å². The van der Waals surface area contributed by atoms with E-state index >= 15 is 0 Å². The van der Waals surface area contributed by atoms with Gasteiger partial charge in [-0.1, -0.05) is 0 Å². The van der Waals surface area contributed by atoms with E-state index in [1.165, 1.54) is 22.9 Å². The van der Waals surface area contributed by atoms with E-state index < -0.39 is 0 Å². The first-order valence-corrected chi connectivity index (χ1v) is 9.37. The Labute approximate surface area is 157 Å². The molecule has 0 aliphatic carbocycles. The van der Waals surface area contributed by atoms with Crippen molar-refractivity contribution < 1.29 is 9.59 Å². The van der Waals surface area contributed by atoms with Gasteiger partial charge in [0.2, 0.25) is 5.91 Å². The second-order valence-corrected chi connectivity index (χ2v) is 6.70. The molecule has 2 amide bonds. The van der Waals surface area contributed by atoms with E-state index in [0.29, 0.717) is 12.1 Å². The number of likely N-dealkylation sites (tertiary alicyclic amines) is 1. The number of pyridine rings is 1. The number of hydrogen-bond donors (Lipinski definition) is 1. The number of hydrogen-bond acceptors (Lipinski definition) is 4. The predicted molar refractivity (Wildman–Crippen MR) is 100 cm³/mol. The van der Waals surface area contributed by atoms with Crippen LogP contribution in [0.15, 0.2) is 41.6 Å². The molecule has 2 aromatic rings. The van der Waals surface area contributed by atoms with E-state index in [9.17, 15) is 14.4 Å². The highest BCUT2D eigenvalue weighted by Crippen LogP contribution is 2.09. The van der Waals surface area contributed by atoms with E-state index in [0.717, 1.165) is 45.3 Å². The van der Waals surface area contributed by atoms with Gasteiger partial charge in [-0.25, -0.2) is 0 Å². The summed E-state index contributed by atoms with van der Waals surface area (Å²) in [7, 11) is 0. The first-order valence-electron chi connectivity index (χ1n) is 9.37. The van der Waals surface area contributed by atoms with Crippen LogP contribution in [-0.2, 0) is 17.9 Å². The van der Waals surface area contributed by atoms with Gasteiger partial charge in [-0.15, -0.1) is 0 Å². The second kappa shape index (κ2) is 9.16. The van der Waals surface area contributed by atoms with E-state index in [1.54, 1.807) is 15.8 Å². The molecule has 0 bridgehead atoms. The molecule has 3 heterocycles. The molecule has 0 spiro atoms. The maximum atomic E-state index is 12.4. The average molecular weight is 371 g/mol. The molecular weight excluding hydrogens is 346 g/mol. The lowest BCUT2D eigenvalue weighted by Crippen LogP contribution is -2.39. The Balaban J connectivity index is 1.54. The van der Waals surface area contributed by atoms with Crippen molar-refractivity contribution >= 4 is 11.8 Å². The summed E-state index contributed by atoms with van der Waals surface area (Å²) < 4.78 is 3.12. The van der Waals surface area contributed by atoms with E-state index in [-0.39, 0.29) is 23.9 Å². The molecule has 0 unspecified atom stereocenters. The molecule has 0 atom stereocenters. The molecule has 27 heavy (non-hydrogen) atoms. The summed E-state index contributed by atoms with van der Waals surface area (Å²) in [6.45, 7) is 2.68. The van der Waals surface area contributed by atoms with Crippen LogP contribution >= 0.6 is 0 Å². The molecule has 2 aromatic heterocycles. The number of carbonyl (C=O) groups is 2. The highest BCUT2D eigenvalue weighted by molar-refractivity contribution is 5.93. The predicted octanol–water partition coefficient (Wildman–Crippen LogP) is 0.877. The quantitative estimate of drug-likeness (QED) is 0.732. The van der Waals surface area contributed by atoms with Crippen molar-refractivity contribution in [2.75, 3.05) is 19.6 Å². The summed E-state index contributed by atoms with van der Waals surface area (Å²) in [6, 6.07) is 4.68. The number of piperidine rings is 1. The Hall–Kier alpha value is -2.90. The van der Waals surface area contributed by atoms with Crippen LogP contribution in [0.2, 0.25) is 0 Å².